The molecule has 1 fully saturated rings. The maximum Gasteiger partial charge on any atom is 0.295 e. The van der Waals surface area contributed by atoms with Gasteiger partial charge in [0.15, 0.2) is 5.82 Å². The van der Waals surface area contributed by atoms with Crippen LogP contribution >= 0.6 is 11.3 Å². The number of nitrogens with one attached hydrogen (secondary N) is 3. The highest BCUT2D eigenvalue weighted by Crippen LogP contribution is 2.33. The molecule has 3 N–H and O–H groups in total. The number of hydrogen-bond acceptors (Lipinski definition) is 7. The molecule has 8 nitrogen and oxygen atoms in total. The predicted octanol–water partition coefficient (Wildman–Crippen LogP) is 3.26. The summed E-state index contributed by atoms with van der Waals surface area (Å²) in [6.07, 6.45) is 3.40. The number of aromatic amines is 1. The van der Waals surface area contributed by atoms with Crippen LogP contribution in [0.15, 0.2) is 60.9 Å². The van der Waals surface area contributed by atoms with E-state index in [-0.39, 0.29) is 11.7 Å². The Balaban J connectivity index is 1.33. The Kier molecular flexibility index (Phi) is 5.42. The number of hydrogen-bond donors (Lipinski definition) is 3. The molecule has 0 spiro atoms. The molecule has 3 aromatic heterocycles. The Morgan fingerprint density at radius 3 is 2.68 bits per heavy atom. The molecule has 0 aliphatic carbocycles. The van der Waals surface area contributed by atoms with Crippen molar-refractivity contribution in [1.82, 2.24) is 25.5 Å². The summed E-state index contributed by atoms with van der Waals surface area (Å²) < 4.78 is 0. The molecule has 0 saturated carbocycles. The van der Waals surface area contributed by atoms with Gasteiger partial charge in [0.1, 0.15) is 0 Å². The lowest BCUT2D eigenvalue weighted by atomic mass is 10.2. The van der Waals surface area contributed by atoms with Crippen LogP contribution in [0.4, 0.5) is 11.4 Å². The topological polar surface area (TPSA) is 98.8 Å². The van der Waals surface area contributed by atoms with Gasteiger partial charge in [-0.2, -0.15) is 0 Å². The number of carbonyl (C=O) groups excluding carboxylic acids is 1. The van der Waals surface area contributed by atoms with Crippen LogP contribution in [0.1, 0.15) is 10.6 Å². The van der Waals surface area contributed by atoms with E-state index in [4.69, 9.17) is 0 Å². The second-order valence-electron chi connectivity index (χ2n) is 7.12. The summed E-state index contributed by atoms with van der Waals surface area (Å²) in [6.45, 7) is 3.57. The number of nitrogens with zero attached hydrogens (tertiary/aromatic N) is 4. The van der Waals surface area contributed by atoms with E-state index in [1.807, 2.05) is 36.4 Å². The fourth-order valence-corrected chi connectivity index (χ4v) is 4.49. The van der Waals surface area contributed by atoms with Crippen LogP contribution in [0.3, 0.4) is 0 Å². The molecule has 9 heteroatoms. The van der Waals surface area contributed by atoms with Crippen LogP contribution in [0.2, 0.25) is 0 Å². The van der Waals surface area contributed by atoms with Crippen molar-refractivity contribution < 1.29 is 4.79 Å². The lowest BCUT2D eigenvalue weighted by Crippen LogP contribution is -2.43. The van der Waals surface area contributed by atoms with E-state index in [1.165, 1.54) is 0 Å². The first kappa shape index (κ1) is 19.4. The normalized spacial score (nSPS) is 13.9. The van der Waals surface area contributed by atoms with Gasteiger partial charge in [0.2, 0.25) is 5.82 Å². The highest BCUT2D eigenvalue weighted by atomic mass is 32.1. The van der Waals surface area contributed by atoms with Gasteiger partial charge in [0.25, 0.3) is 5.91 Å². The monoisotopic (exact) mass is 431 g/mol. The summed E-state index contributed by atoms with van der Waals surface area (Å²) in [5.41, 5.74) is 2.75. The van der Waals surface area contributed by atoms with Gasteiger partial charge in [0.05, 0.1) is 22.4 Å². The van der Waals surface area contributed by atoms with Gasteiger partial charge in [0, 0.05) is 37.3 Å². The number of carbonyl (C=O) groups is 1. The van der Waals surface area contributed by atoms with Crippen molar-refractivity contribution in [2.75, 3.05) is 36.4 Å². The van der Waals surface area contributed by atoms with E-state index in [0.29, 0.717) is 11.5 Å². The van der Waals surface area contributed by atoms with Gasteiger partial charge in [-0.05, 0) is 23.8 Å². The summed E-state index contributed by atoms with van der Waals surface area (Å²) in [6, 6.07) is 16.1. The predicted molar refractivity (Wildman–Crippen MR) is 122 cm³/mol. The van der Waals surface area contributed by atoms with Crippen LogP contribution in [0.25, 0.3) is 21.1 Å². The summed E-state index contributed by atoms with van der Waals surface area (Å²) in [4.78, 5) is 25.7. The number of piperazine rings is 1. The third kappa shape index (κ3) is 4.18. The minimum Gasteiger partial charge on any atom is -0.367 e. The van der Waals surface area contributed by atoms with Crippen molar-refractivity contribution in [2.24, 2.45) is 0 Å². The third-order valence-electron chi connectivity index (χ3n) is 5.09. The fourth-order valence-electron chi connectivity index (χ4n) is 3.54. The first-order valence-electron chi connectivity index (χ1n) is 10.1. The van der Waals surface area contributed by atoms with E-state index in [9.17, 15) is 4.79 Å². The van der Waals surface area contributed by atoms with Crippen molar-refractivity contribution in [3.63, 3.8) is 0 Å². The molecule has 1 aliphatic heterocycles. The highest BCUT2D eigenvalue weighted by molar-refractivity contribution is 7.18. The number of pyridine rings is 1. The number of benzene rings is 1. The minimum atomic E-state index is -0.369. The van der Waals surface area contributed by atoms with Crippen molar-refractivity contribution in [1.29, 1.82) is 0 Å². The molecule has 4 aromatic rings. The van der Waals surface area contributed by atoms with Crippen molar-refractivity contribution in [3.05, 3.63) is 66.7 Å². The van der Waals surface area contributed by atoms with Gasteiger partial charge >= 0.3 is 0 Å². The summed E-state index contributed by atoms with van der Waals surface area (Å²) in [7, 11) is 0. The Hall–Kier alpha value is -3.56. The van der Waals surface area contributed by atoms with Crippen LogP contribution in [-0.4, -0.2) is 52.3 Å². The van der Waals surface area contributed by atoms with Gasteiger partial charge < -0.3 is 15.5 Å². The molecule has 0 unspecified atom stereocenters. The van der Waals surface area contributed by atoms with Crippen LogP contribution in [0.5, 0.6) is 0 Å². The smallest absolute Gasteiger partial charge is 0.295 e. The largest absolute Gasteiger partial charge is 0.367 e. The molecule has 0 atom stereocenters. The van der Waals surface area contributed by atoms with Gasteiger partial charge in [-0.3, -0.25) is 14.9 Å². The highest BCUT2D eigenvalue weighted by Gasteiger charge is 2.19. The third-order valence-corrected chi connectivity index (χ3v) is 6.23. The van der Waals surface area contributed by atoms with Crippen LogP contribution in [-0.2, 0) is 0 Å². The van der Waals surface area contributed by atoms with E-state index in [0.717, 1.165) is 47.2 Å². The quantitative estimate of drug-likeness (QED) is 0.449. The fraction of sp³-hybridized carbons (Fsp3) is 0.182. The lowest BCUT2D eigenvalue weighted by Gasteiger charge is -2.30. The zero-order chi connectivity index (χ0) is 21.0. The molecule has 5 rings (SSSR count). The number of anilines is 2. The van der Waals surface area contributed by atoms with Gasteiger partial charge in [-0.1, -0.05) is 30.3 Å². The molecule has 1 saturated heterocycles. The van der Waals surface area contributed by atoms with Crippen LogP contribution in [0, 0.1) is 0 Å². The Morgan fingerprint density at radius 1 is 1.03 bits per heavy atom. The Bertz CT molecular complexity index is 1180. The molecule has 1 aliphatic rings. The van der Waals surface area contributed by atoms with E-state index >= 15 is 0 Å². The summed E-state index contributed by atoms with van der Waals surface area (Å²) >= 11 is 1.60. The summed E-state index contributed by atoms with van der Waals surface area (Å²) in [5.74, 6) is 0.303. The summed E-state index contributed by atoms with van der Waals surface area (Å²) in [5, 5.41) is 13.3. The average Bonchev–Trinajstić information content (AvgIpc) is 3.51. The zero-order valence-corrected chi connectivity index (χ0v) is 17.5. The Morgan fingerprint density at radius 2 is 1.84 bits per heavy atom. The molecule has 1 amide bonds. The second kappa shape index (κ2) is 8.66. The standard InChI is InChI=1S/C22H21N7OS/c30-22(25-16-14-24-9-8-17(16)29-12-10-23-11-13-29)21-26-20(27-28-21)19-7-6-18(31-19)15-4-2-1-3-5-15/h1-9,14,23H,10-13H2,(H,25,30)(H,26,27,28). The number of amides is 1. The maximum atomic E-state index is 12.8. The van der Waals surface area contributed by atoms with E-state index in [2.05, 4.69) is 47.8 Å². The van der Waals surface area contributed by atoms with Crippen molar-refractivity contribution in [2.45, 2.75) is 0 Å². The Labute approximate surface area is 183 Å². The second-order valence-corrected chi connectivity index (χ2v) is 8.21. The van der Waals surface area contributed by atoms with Crippen LogP contribution < -0.4 is 15.5 Å². The molecular formula is C22H21N7OS. The van der Waals surface area contributed by atoms with Crippen molar-refractivity contribution in [3.8, 4) is 21.1 Å². The molecular weight excluding hydrogens is 410 g/mol. The number of H-pyrrole nitrogens is 1. The van der Waals surface area contributed by atoms with Gasteiger partial charge in [-0.25, -0.2) is 4.98 Å². The average molecular weight is 432 g/mol. The molecule has 4 heterocycles. The maximum absolute atomic E-state index is 12.8. The number of thiophene rings is 1. The number of aromatic nitrogens is 4. The van der Waals surface area contributed by atoms with Crippen molar-refractivity contribution >= 4 is 28.6 Å². The van der Waals surface area contributed by atoms with E-state index in [1.54, 1.807) is 23.7 Å². The lowest BCUT2D eigenvalue weighted by molar-refractivity contribution is 0.101. The molecule has 0 bridgehead atoms. The molecule has 156 valence electrons. The minimum absolute atomic E-state index is 0.0970. The SMILES string of the molecule is O=C(Nc1cnccc1N1CCNCC1)c1n[nH]c(-c2ccc(-c3ccccc3)s2)n1. The van der Waals surface area contributed by atoms with E-state index < -0.39 is 0 Å². The molecule has 0 radical (unpaired) electrons. The first-order valence-corrected chi connectivity index (χ1v) is 10.9. The van der Waals surface area contributed by atoms with Gasteiger partial charge in [-0.15, -0.1) is 16.4 Å². The first-order chi connectivity index (χ1) is 15.3. The molecule has 1 aromatic carbocycles. The number of rotatable bonds is 5. The molecule has 31 heavy (non-hydrogen) atoms. The zero-order valence-electron chi connectivity index (χ0n) is 16.7.